The van der Waals surface area contributed by atoms with Crippen molar-refractivity contribution in [2.75, 3.05) is 13.1 Å². The Morgan fingerprint density at radius 1 is 1.39 bits per heavy atom. The van der Waals surface area contributed by atoms with Gasteiger partial charge >= 0.3 is 5.69 Å². The van der Waals surface area contributed by atoms with Crippen LogP contribution in [-0.2, 0) is 0 Å². The monoisotopic (exact) mass is 276 g/mol. The van der Waals surface area contributed by atoms with E-state index < -0.39 is 16.4 Å². The number of nitro benzene ring substituents is 1. The minimum absolute atomic E-state index is 0. The first-order chi connectivity index (χ1) is 8.16. The van der Waals surface area contributed by atoms with Gasteiger partial charge < -0.3 is 10.1 Å². The Hall–Kier alpha value is -1.40. The van der Waals surface area contributed by atoms with Crippen molar-refractivity contribution in [1.82, 2.24) is 5.32 Å². The summed E-state index contributed by atoms with van der Waals surface area (Å²) in [5.41, 5.74) is -0.525. The fraction of sp³-hybridized carbons (Fsp3) is 0.455. The molecule has 7 heteroatoms. The molecule has 0 aliphatic carbocycles. The standard InChI is InChI=1S/C11H13FN2O3.ClH/c12-10-7-9(1-2-11(10)14(15)16)17-8-3-5-13-6-4-8;/h1-2,7-8,13H,3-6H2;1H. The van der Waals surface area contributed by atoms with Gasteiger partial charge in [0.05, 0.1) is 4.92 Å². The predicted octanol–water partition coefficient (Wildman–Crippen LogP) is 2.29. The van der Waals surface area contributed by atoms with E-state index in [9.17, 15) is 14.5 Å². The van der Waals surface area contributed by atoms with Gasteiger partial charge in [-0.05, 0) is 32.0 Å². The highest BCUT2D eigenvalue weighted by Gasteiger charge is 2.18. The molecule has 2 rings (SSSR count). The lowest BCUT2D eigenvalue weighted by Gasteiger charge is -2.23. The first-order valence-electron chi connectivity index (χ1n) is 5.48. The third kappa shape index (κ3) is 3.54. The first kappa shape index (κ1) is 14.7. The molecule has 0 aromatic heterocycles. The lowest BCUT2D eigenvalue weighted by molar-refractivity contribution is -0.387. The topological polar surface area (TPSA) is 64.4 Å². The number of hydrogen-bond donors (Lipinski definition) is 1. The van der Waals surface area contributed by atoms with Gasteiger partial charge in [0.2, 0.25) is 5.82 Å². The van der Waals surface area contributed by atoms with Crippen molar-refractivity contribution in [2.45, 2.75) is 18.9 Å². The summed E-state index contributed by atoms with van der Waals surface area (Å²) in [6.07, 6.45) is 1.77. The molecule has 0 atom stereocenters. The lowest BCUT2D eigenvalue weighted by Crippen LogP contribution is -2.34. The van der Waals surface area contributed by atoms with E-state index in [1.807, 2.05) is 0 Å². The van der Waals surface area contributed by atoms with Crippen LogP contribution in [0.25, 0.3) is 0 Å². The minimum Gasteiger partial charge on any atom is -0.490 e. The van der Waals surface area contributed by atoms with Gasteiger partial charge in [-0.25, -0.2) is 0 Å². The Morgan fingerprint density at radius 2 is 2.06 bits per heavy atom. The Morgan fingerprint density at radius 3 is 2.61 bits per heavy atom. The molecular formula is C11H14ClFN2O3. The van der Waals surface area contributed by atoms with E-state index in [4.69, 9.17) is 4.74 Å². The Bertz CT molecular complexity index is 425. The Balaban J connectivity index is 0.00000162. The van der Waals surface area contributed by atoms with Crippen LogP contribution in [0.4, 0.5) is 10.1 Å². The average Bonchev–Trinajstić information content (AvgIpc) is 2.30. The maximum Gasteiger partial charge on any atom is 0.305 e. The summed E-state index contributed by atoms with van der Waals surface area (Å²) < 4.78 is 18.9. The van der Waals surface area contributed by atoms with Crippen LogP contribution >= 0.6 is 12.4 Å². The predicted molar refractivity (Wildman–Crippen MR) is 66.8 cm³/mol. The van der Waals surface area contributed by atoms with Crippen LogP contribution in [0, 0.1) is 15.9 Å². The highest BCUT2D eigenvalue weighted by atomic mass is 35.5. The van der Waals surface area contributed by atoms with Crippen molar-refractivity contribution in [2.24, 2.45) is 0 Å². The van der Waals surface area contributed by atoms with Gasteiger partial charge in [-0.2, -0.15) is 4.39 Å². The van der Waals surface area contributed by atoms with E-state index in [-0.39, 0.29) is 18.5 Å². The molecule has 1 aromatic rings. The molecule has 0 amide bonds. The number of benzene rings is 1. The molecule has 1 heterocycles. The van der Waals surface area contributed by atoms with Crippen LogP contribution in [0.1, 0.15) is 12.8 Å². The number of nitro groups is 1. The third-order valence-corrected chi connectivity index (χ3v) is 2.70. The number of hydrogen-bond acceptors (Lipinski definition) is 4. The Kier molecular flexibility index (Phi) is 5.30. The number of halogens is 2. The van der Waals surface area contributed by atoms with E-state index >= 15 is 0 Å². The number of nitrogens with zero attached hydrogens (tertiary/aromatic N) is 1. The summed E-state index contributed by atoms with van der Waals surface area (Å²) in [4.78, 5) is 9.69. The van der Waals surface area contributed by atoms with E-state index in [2.05, 4.69) is 5.32 Å². The zero-order valence-electron chi connectivity index (χ0n) is 9.60. The second kappa shape index (κ2) is 6.51. The SMILES string of the molecule is Cl.O=[N+]([O-])c1ccc(OC2CCNCC2)cc1F. The highest BCUT2D eigenvalue weighted by Crippen LogP contribution is 2.24. The van der Waals surface area contributed by atoms with Gasteiger partial charge in [-0.1, -0.05) is 0 Å². The van der Waals surface area contributed by atoms with Crippen molar-refractivity contribution in [3.05, 3.63) is 34.1 Å². The molecule has 5 nitrogen and oxygen atoms in total. The number of nitrogens with one attached hydrogen (secondary N) is 1. The summed E-state index contributed by atoms with van der Waals surface area (Å²) in [6.45, 7) is 1.75. The molecule has 0 bridgehead atoms. The fourth-order valence-corrected chi connectivity index (χ4v) is 1.81. The second-order valence-electron chi connectivity index (χ2n) is 3.94. The largest absolute Gasteiger partial charge is 0.490 e. The highest BCUT2D eigenvalue weighted by molar-refractivity contribution is 5.85. The van der Waals surface area contributed by atoms with Gasteiger partial charge in [0.1, 0.15) is 11.9 Å². The zero-order valence-corrected chi connectivity index (χ0v) is 10.4. The molecule has 1 aliphatic heterocycles. The normalized spacial score (nSPS) is 15.8. The summed E-state index contributed by atoms with van der Waals surface area (Å²) in [6, 6.07) is 3.63. The number of ether oxygens (including phenoxy) is 1. The van der Waals surface area contributed by atoms with Gasteiger partial charge in [-0.15, -0.1) is 12.4 Å². The van der Waals surface area contributed by atoms with Crippen LogP contribution in [0.5, 0.6) is 5.75 Å². The number of piperidine rings is 1. The van der Waals surface area contributed by atoms with Crippen LogP contribution in [0.3, 0.4) is 0 Å². The number of rotatable bonds is 3. The van der Waals surface area contributed by atoms with Crippen molar-refractivity contribution in [3.8, 4) is 5.75 Å². The van der Waals surface area contributed by atoms with Crippen molar-refractivity contribution < 1.29 is 14.1 Å². The maximum absolute atomic E-state index is 13.3. The quantitative estimate of drug-likeness (QED) is 0.679. The molecule has 1 aliphatic rings. The molecule has 0 saturated carbocycles. The van der Waals surface area contributed by atoms with E-state index in [1.165, 1.54) is 6.07 Å². The molecule has 1 fully saturated rings. The van der Waals surface area contributed by atoms with Crippen molar-refractivity contribution in [3.63, 3.8) is 0 Å². The third-order valence-electron chi connectivity index (χ3n) is 2.70. The molecule has 0 unspecified atom stereocenters. The van der Waals surface area contributed by atoms with Gasteiger partial charge in [0.15, 0.2) is 0 Å². The summed E-state index contributed by atoms with van der Waals surface area (Å²) in [5.74, 6) is -0.513. The summed E-state index contributed by atoms with van der Waals surface area (Å²) in [5, 5.41) is 13.6. The second-order valence-corrected chi connectivity index (χ2v) is 3.94. The Labute approximate surface area is 110 Å². The molecule has 1 N–H and O–H groups in total. The van der Waals surface area contributed by atoms with Crippen LogP contribution in [0.15, 0.2) is 18.2 Å². The average molecular weight is 277 g/mol. The maximum atomic E-state index is 13.3. The minimum atomic E-state index is -0.860. The zero-order chi connectivity index (χ0) is 12.3. The van der Waals surface area contributed by atoms with Crippen LogP contribution in [0.2, 0.25) is 0 Å². The van der Waals surface area contributed by atoms with Gasteiger partial charge in [0, 0.05) is 12.1 Å². The van der Waals surface area contributed by atoms with Crippen LogP contribution in [-0.4, -0.2) is 24.1 Å². The smallest absolute Gasteiger partial charge is 0.305 e. The van der Waals surface area contributed by atoms with E-state index in [1.54, 1.807) is 0 Å². The molecule has 1 saturated heterocycles. The molecule has 0 spiro atoms. The summed E-state index contributed by atoms with van der Waals surface area (Å²) >= 11 is 0. The van der Waals surface area contributed by atoms with E-state index in [0.717, 1.165) is 38.1 Å². The first-order valence-corrected chi connectivity index (χ1v) is 5.48. The molecule has 0 radical (unpaired) electrons. The van der Waals surface area contributed by atoms with Crippen LogP contribution < -0.4 is 10.1 Å². The van der Waals surface area contributed by atoms with Crippen molar-refractivity contribution >= 4 is 18.1 Å². The van der Waals surface area contributed by atoms with Gasteiger partial charge in [0.25, 0.3) is 0 Å². The molecular weight excluding hydrogens is 263 g/mol. The lowest BCUT2D eigenvalue weighted by atomic mass is 10.1. The van der Waals surface area contributed by atoms with E-state index in [0.29, 0.717) is 5.75 Å². The van der Waals surface area contributed by atoms with Gasteiger partial charge in [-0.3, -0.25) is 10.1 Å². The van der Waals surface area contributed by atoms with Crippen molar-refractivity contribution in [1.29, 1.82) is 0 Å². The molecule has 18 heavy (non-hydrogen) atoms. The summed E-state index contributed by atoms with van der Waals surface area (Å²) in [7, 11) is 0. The molecule has 1 aromatic carbocycles. The fourth-order valence-electron chi connectivity index (χ4n) is 1.81. The molecule has 100 valence electrons.